The highest BCUT2D eigenvalue weighted by molar-refractivity contribution is 5.97. The molecule has 2 amide bonds. The zero-order chi connectivity index (χ0) is 14.4. The van der Waals surface area contributed by atoms with Crippen molar-refractivity contribution >= 4 is 17.8 Å². The van der Waals surface area contributed by atoms with Crippen LogP contribution in [0.3, 0.4) is 0 Å². The first kappa shape index (κ1) is 14.6. The van der Waals surface area contributed by atoms with Gasteiger partial charge in [0, 0.05) is 19.8 Å². The topological polar surface area (TPSA) is 99.6 Å². The van der Waals surface area contributed by atoms with Gasteiger partial charge in [0.2, 0.25) is 0 Å². The highest BCUT2D eigenvalue weighted by Crippen LogP contribution is 2.05. The third-order valence-electron chi connectivity index (χ3n) is 2.47. The summed E-state index contributed by atoms with van der Waals surface area (Å²) in [7, 11) is 1.48. The largest absolute Gasteiger partial charge is 0.480 e. The number of rotatable bonds is 5. The second kappa shape index (κ2) is 6.48. The maximum atomic E-state index is 12.0. The van der Waals surface area contributed by atoms with E-state index < -0.39 is 11.9 Å². The van der Waals surface area contributed by atoms with E-state index in [2.05, 4.69) is 10.3 Å². The van der Waals surface area contributed by atoms with Gasteiger partial charge in [0.25, 0.3) is 11.8 Å². The number of carbonyl (C=O) groups is 3. The molecule has 19 heavy (non-hydrogen) atoms. The van der Waals surface area contributed by atoms with E-state index in [0.717, 1.165) is 0 Å². The van der Waals surface area contributed by atoms with Crippen molar-refractivity contribution in [2.24, 2.45) is 0 Å². The molecule has 0 saturated heterocycles. The summed E-state index contributed by atoms with van der Waals surface area (Å²) >= 11 is 0. The molecule has 0 unspecified atom stereocenters. The van der Waals surface area contributed by atoms with Crippen LogP contribution < -0.4 is 5.32 Å². The summed E-state index contributed by atoms with van der Waals surface area (Å²) in [5, 5.41) is 11.1. The van der Waals surface area contributed by atoms with Gasteiger partial charge >= 0.3 is 5.97 Å². The molecule has 2 N–H and O–H groups in total. The number of aliphatic carboxylic acids is 1. The molecule has 0 aromatic carbocycles. The zero-order valence-corrected chi connectivity index (χ0v) is 10.7. The number of amides is 2. The number of likely N-dealkylation sites (N-methyl/N-ethyl adjacent to an activating group) is 1. The lowest BCUT2D eigenvalue weighted by Crippen LogP contribution is -2.35. The third kappa shape index (κ3) is 3.77. The number of aromatic nitrogens is 1. The lowest BCUT2D eigenvalue weighted by molar-refractivity contribution is -0.137. The van der Waals surface area contributed by atoms with Gasteiger partial charge in [0.15, 0.2) is 0 Å². The second-order valence-corrected chi connectivity index (χ2v) is 3.72. The lowest BCUT2D eigenvalue weighted by Gasteiger charge is -2.18. The average Bonchev–Trinajstić information content (AvgIpc) is 2.43. The van der Waals surface area contributed by atoms with Gasteiger partial charge in [-0.05, 0) is 19.1 Å². The minimum absolute atomic E-state index is 0.195. The van der Waals surface area contributed by atoms with Crippen molar-refractivity contribution < 1.29 is 19.5 Å². The monoisotopic (exact) mass is 265 g/mol. The Labute approximate surface area is 110 Å². The third-order valence-corrected chi connectivity index (χ3v) is 2.47. The molecule has 0 radical (unpaired) electrons. The van der Waals surface area contributed by atoms with Gasteiger partial charge in [-0.1, -0.05) is 0 Å². The first-order valence-corrected chi connectivity index (χ1v) is 5.68. The molecule has 0 aliphatic heterocycles. The molecule has 7 heteroatoms. The zero-order valence-electron chi connectivity index (χ0n) is 10.7. The molecule has 0 aliphatic rings. The van der Waals surface area contributed by atoms with Crippen LogP contribution in [0.25, 0.3) is 0 Å². The quantitative estimate of drug-likeness (QED) is 0.780. The Hall–Kier alpha value is -2.44. The summed E-state index contributed by atoms with van der Waals surface area (Å²) in [5.74, 6) is -1.86. The molecular formula is C12H15N3O4. The summed E-state index contributed by atoms with van der Waals surface area (Å²) < 4.78 is 0. The smallest absolute Gasteiger partial charge is 0.323 e. The number of nitrogens with one attached hydrogen (secondary N) is 1. The first-order valence-electron chi connectivity index (χ1n) is 5.68. The molecule has 0 fully saturated rings. The fraction of sp³-hybridized carbons (Fsp3) is 0.333. The van der Waals surface area contributed by atoms with Gasteiger partial charge in [-0.25, -0.2) is 0 Å². The highest BCUT2D eigenvalue weighted by atomic mass is 16.4. The summed E-state index contributed by atoms with van der Waals surface area (Å²) in [4.78, 5) is 38.9. The number of hydrogen-bond donors (Lipinski definition) is 2. The summed E-state index contributed by atoms with van der Waals surface area (Å²) in [6.07, 6.45) is 1.26. The minimum Gasteiger partial charge on any atom is -0.480 e. The van der Waals surface area contributed by atoms with Crippen LogP contribution in [0, 0.1) is 0 Å². The molecule has 0 saturated carbocycles. The van der Waals surface area contributed by atoms with E-state index in [-0.39, 0.29) is 30.3 Å². The number of carboxylic acid groups (broad SMARTS) is 1. The van der Waals surface area contributed by atoms with Gasteiger partial charge in [0.1, 0.15) is 12.2 Å². The van der Waals surface area contributed by atoms with Crippen LogP contribution >= 0.6 is 0 Å². The molecule has 0 spiro atoms. The van der Waals surface area contributed by atoms with E-state index in [1.54, 1.807) is 6.92 Å². The Kier molecular flexibility index (Phi) is 4.99. The fourth-order valence-corrected chi connectivity index (χ4v) is 1.46. The Bertz CT molecular complexity index is 484. The molecular weight excluding hydrogens is 250 g/mol. The Morgan fingerprint density at radius 1 is 1.37 bits per heavy atom. The van der Waals surface area contributed by atoms with E-state index in [1.807, 2.05) is 0 Å². The fourth-order valence-electron chi connectivity index (χ4n) is 1.46. The summed E-state index contributed by atoms with van der Waals surface area (Å²) in [6.45, 7) is 1.60. The van der Waals surface area contributed by atoms with Crippen LogP contribution in [-0.2, 0) is 4.79 Å². The first-order chi connectivity index (χ1) is 8.99. The number of carboxylic acids is 1. The van der Waals surface area contributed by atoms with Crippen molar-refractivity contribution in [1.82, 2.24) is 15.2 Å². The highest BCUT2D eigenvalue weighted by Gasteiger charge is 2.17. The Balaban J connectivity index is 2.87. The summed E-state index contributed by atoms with van der Waals surface area (Å²) in [6, 6.07) is 2.87. The van der Waals surface area contributed by atoms with Crippen molar-refractivity contribution in [1.29, 1.82) is 0 Å². The van der Waals surface area contributed by atoms with Crippen molar-refractivity contribution in [2.75, 3.05) is 20.1 Å². The normalized spacial score (nSPS) is 9.79. The van der Waals surface area contributed by atoms with Gasteiger partial charge in [-0.3, -0.25) is 19.4 Å². The van der Waals surface area contributed by atoms with Crippen molar-refractivity contribution in [3.05, 3.63) is 29.6 Å². The van der Waals surface area contributed by atoms with E-state index in [1.165, 1.54) is 30.3 Å². The molecule has 1 heterocycles. The van der Waals surface area contributed by atoms with Gasteiger partial charge < -0.3 is 15.3 Å². The van der Waals surface area contributed by atoms with Gasteiger partial charge in [0.05, 0.1) is 5.56 Å². The number of carbonyl (C=O) groups excluding carboxylic acids is 2. The SMILES string of the molecule is CCN(CC(=O)O)C(=O)c1ccc(C(=O)NC)nc1. The summed E-state index contributed by atoms with van der Waals surface area (Å²) in [5.41, 5.74) is 0.441. The Morgan fingerprint density at radius 2 is 2.05 bits per heavy atom. The van der Waals surface area contributed by atoms with Gasteiger partial charge in [-0.2, -0.15) is 0 Å². The van der Waals surface area contributed by atoms with Gasteiger partial charge in [-0.15, -0.1) is 0 Å². The lowest BCUT2D eigenvalue weighted by atomic mass is 10.2. The molecule has 7 nitrogen and oxygen atoms in total. The van der Waals surface area contributed by atoms with Crippen molar-refractivity contribution in [3.63, 3.8) is 0 Å². The predicted molar refractivity (Wildman–Crippen MR) is 66.8 cm³/mol. The van der Waals surface area contributed by atoms with Crippen LogP contribution in [-0.4, -0.2) is 52.9 Å². The van der Waals surface area contributed by atoms with Crippen LogP contribution in [0.4, 0.5) is 0 Å². The van der Waals surface area contributed by atoms with Crippen LogP contribution in [0.2, 0.25) is 0 Å². The molecule has 1 aromatic rings. The number of hydrogen-bond acceptors (Lipinski definition) is 4. The molecule has 0 atom stereocenters. The molecule has 102 valence electrons. The molecule has 1 rings (SSSR count). The van der Waals surface area contributed by atoms with E-state index in [4.69, 9.17) is 5.11 Å². The van der Waals surface area contributed by atoms with E-state index in [9.17, 15) is 14.4 Å². The second-order valence-electron chi connectivity index (χ2n) is 3.72. The average molecular weight is 265 g/mol. The van der Waals surface area contributed by atoms with E-state index in [0.29, 0.717) is 0 Å². The number of nitrogens with zero attached hydrogens (tertiary/aromatic N) is 2. The standard InChI is InChI=1S/C12H15N3O4/c1-3-15(7-10(16)17)12(19)8-4-5-9(14-6-8)11(18)13-2/h4-6H,3,7H2,1-2H3,(H,13,18)(H,16,17). The van der Waals surface area contributed by atoms with Crippen LogP contribution in [0.1, 0.15) is 27.8 Å². The molecule has 1 aromatic heterocycles. The van der Waals surface area contributed by atoms with Crippen LogP contribution in [0.5, 0.6) is 0 Å². The number of pyridine rings is 1. The molecule has 0 aliphatic carbocycles. The maximum Gasteiger partial charge on any atom is 0.323 e. The maximum absolute atomic E-state index is 12.0. The van der Waals surface area contributed by atoms with E-state index >= 15 is 0 Å². The molecule has 0 bridgehead atoms. The predicted octanol–water partition coefficient (Wildman–Crippen LogP) is -0.0121. The van der Waals surface area contributed by atoms with Crippen molar-refractivity contribution in [3.8, 4) is 0 Å². The Morgan fingerprint density at radius 3 is 2.47 bits per heavy atom. The van der Waals surface area contributed by atoms with Crippen LogP contribution in [0.15, 0.2) is 18.3 Å². The minimum atomic E-state index is -1.08. The van der Waals surface area contributed by atoms with Crippen molar-refractivity contribution in [2.45, 2.75) is 6.92 Å².